The fourth-order valence-electron chi connectivity index (χ4n) is 4.55. The molecule has 1 saturated carbocycles. The van der Waals surface area contributed by atoms with Crippen molar-refractivity contribution in [2.75, 3.05) is 36.7 Å². The Morgan fingerprint density at radius 1 is 1.07 bits per heavy atom. The van der Waals surface area contributed by atoms with Crippen molar-refractivity contribution >= 4 is 21.5 Å². The van der Waals surface area contributed by atoms with Crippen LogP contribution in [-0.2, 0) is 14.6 Å². The lowest BCUT2D eigenvalue weighted by Crippen LogP contribution is -2.44. The molecule has 1 aliphatic carbocycles. The first kappa shape index (κ1) is 19.1. The maximum atomic E-state index is 12.2. The zero-order chi connectivity index (χ0) is 19.7. The summed E-state index contributed by atoms with van der Waals surface area (Å²) in [5.74, 6) is 2.35. The molecule has 0 unspecified atom stereocenters. The van der Waals surface area contributed by atoms with Gasteiger partial charge in [-0.3, -0.25) is 0 Å². The molecule has 0 radical (unpaired) electrons. The molecule has 1 aliphatic heterocycles. The van der Waals surface area contributed by atoms with Gasteiger partial charge in [-0.1, -0.05) is 6.07 Å². The smallest absolute Gasteiger partial charge is 0.179 e. The summed E-state index contributed by atoms with van der Waals surface area (Å²) in [5, 5.41) is 3.52. The standard InChI is InChI=1S/C20H26N4O3S/c1-27-17-11-15-13-24(20-18(28(2,25)26)6-5-9-22-20)12-14(15)10-16(17)23-19-7-3-4-8-21-19/h3-9,14-17H,10-13H2,1-2H3,(H,21,23)/t14-,15+,16-,17-/m1/s1. The molecule has 8 heteroatoms. The second-order valence-corrected chi connectivity index (χ2v) is 9.72. The van der Waals surface area contributed by atoms with Crippen LogP contribution in [0.1, 0.15) is 12.8 Å². The molecular weight excluding hydrogens is 376 g/mol. The number of nitrogens with zero attached hydrogens (tertiary/aromatic N) is 3. The Hall–Kier alpha value is -2.19. The summed E-state index contributed by atoms with van der Waals surface area (Å²) >= 11 is 0. The molecule has 0 amide bonds. The van der Waals surface area contributed by atoms with Crippen molar-refractivity contribution in [2.24, 2.45) is 11.8 Å². The van der Waals surface area contributed by atoms with E-state index in [4.69, 9.17) is 4.74 Å². The number of aromatic nitrogens is 2. The third-order valence-electron chi connectivity index (χ3n) is 5.87. The Bertz CT molecular complexity index is 922. The molecule has 4 rings (SSSR count). The van der Waals surface area contributed by atoms with Crippen LogP contribution < -0.4 is 10.2 Å². The highest BCUT2D eigenvalue weighted by Gasteiger charge is 2.43. The lowest BCUT2D eigenvalue weighted by Gasteiger charge is -2.37. The quantitative estimate of drug-likeness (QED) is 0.821. The fourth-order valence-corrected chi connectivity index (χ4v) is 5.39. The molecule has 2 fully saturated rings. The maximum absolute atomic E-state index is 12.2. The van der Waals surface area contributed by atoms with E-state index in [0.29, 0.717) is 22.5 Å². The van der Waals surface area contributed by atoms with E-state index in [1.807, 2.05) is 18.2 Å². The maximum Gasteiger partial charge on any atom is 0.179 e. The van der Waals surface area contributed by atoms with Gasteiger partial charge in [0.15, 0.2) is 9.84 Å². The predicted octanol–water partition coefficient (Wildman–Crippen LogP) is 2.22. The summed E-state index contributed by atoms with van der Waals surface area (Å²) in [6.07, 6.45) is 6.67. The van der Waals surface area contributed by atoms with Crippen LogP contribution in [0.15, 0.2) is 47.6 Å². The third-order valence-corrected chi connectivity index (χ3v) is 6.99. The van der Waals surface area contributed by atoms with E-state index in [2.05, 4.69) is 20.2 Å². The van der Waals surface area contributed by atoms with E-state index in [1.165, 1.54) is 6.26 Å². The minimum absolute atomic E-state index is 0.0984. The number of ether oxygens (including phenoxy) is 1. The molecule has 2 aromatic heterocycles. The molecule has 3 heterocycles. The number of hydrogen-bond acceptors (Lipinski definition) is 7. The van der Waals surface area contributed by atoms with Gasteiger partial charge in [-0.05, 0) is 48.9 Å². The Kier molecular flexibility index (Phi) is 5.25. The Balaban J connectivity index is 1.53. The van der Waals surface area contributed by atoms with Crippen molar-refractivity contribution < 1.29 is 13.2 Å². The summed E-state index contributed by atoms with van der Waals surface area (Å²) in [5.41, 5.74) is 0. The first-order valence-corrected chi connectivity index (χ1v) is 11.4. The van der Waals surface area contributed by atoms with Crippen LogP contribution in [0.5, 0.6) is 0 Å². The van der Waals surface area contributed by atoms with Crippen molar-refractivity contribution in [1.82, 2.24) is 9.97 Å². The number of pyridine rings is 2. The Morgan fingerprint density at radius 2 is 1.82 bits per heavy atom. The van der Waals surface area contributed by atoms with E-state index in [9.17, 15) is 8.42 Å². The number of hydrogen-bond donors (Lipinski definition) is 1. The first-order chi connectivity index (χ1) is 13.5. The zero-order valence-electron chi connectivity index (χ0n) is 16.2. The lowest BCUT2D eigenvalue weighted by atomic mass is 9.77. The van der Waals surface area contributed by atoms with Crippen molar-refractivity contribution in [1.29, 1.82) is 0 Å². The van der Waals surface area contributed by atoms with Gasteiger partial charge in [0, 0.05) is 38.8 Å². The number of rotatable bonds is 5. The van der Waals surface area contributed by atoms with Gasteiger partial charge in [0.2, 0.25) is 0 Å². The normalized spacial score (nSPS) is 27.4. The van der Waals surface area contributed by atoms with Crippen LogP contribution in [0, 0.1) is 11.8 Å². The van der Waals surface area contributed by atoms with E-state index >= 15 is 0 Å². The summed E-state index contributed by atoms with van der Waals surface area (Å²) < 4.78 is 30.1. The lowest BCUT2D eigenvalue weighted by molar-refractivity contribution is 0.0305. The molecule has 150 valence electrons. The van der Waals surface area contributed by atoms with Crippen molar-refractivity contribution in [3.05, 3.63) is 42.7 Å². The van der Waals surface area contributed by atoms with Crippen LogP contribution in [-0.4, -0.2) is 57.0 Å². The molecule has 0 aromatic carbocycles. The first-order valence-electron chi connectivity index (χ1n) is 9.56. The van der Waals surface area contributed by atoms with Crippen LogP contribution in [0.2, 0.25) is 0 Å². The number of nitrogens with one attached hydrogen (secondary N) is 1. The Labute approximate surface area is 166 Å². The molecule has 2 aromatic rings. The van der Waals surface area contributed by atoms with E-state index in [-0.39, 0.29) is 12.1 Å². The van der Waals surface area contributed by atoms with Crippen molar-refractivity contribution in [2.45, 2.75) is 29.9 Å². The van der Waals surface area contributed by atoms with Gasteiger partial charge in [0.05, 0.1) is 12.1 Å². The summed E-state index contributed by atoms with van der Waals surface area (Å²) in [6, 6.07) is 9.33. The minimum Gasteiger partial charge on any atom is -0.379 e. The number of methoxy groups -OCH3 is 1. The third kappa shape index (κ3) is 3.84. The van der Waals surface area contributed by atoms with Crippen molar-refractivity contribution in [3.8, 4) is 0 Å². The van der Waals surface area contributed by atoms with Crippen LogP contribution >= 0.6 is 0 Å². The summed E-state index contributed by atoms with van der Waals surface area (Å²) in [4.78, 5) is 11.2. The average molecular weight is 403 g/mol. The highest BCUT2D eigenvalue weighted by Crippen LogP contribution is 2.40. The Morgan fingerprint density at radius 3 is 2.50 bits per heavy atom. The number of fused-ring (bicyclic) bond motifs is 1. The molecule has 1 N–H and O–H groups in total. The zero-order valence-corrected chi connectivity index (χ0v) is 17.0. The average Bonchev–Trinajstić information content (AvgIpc) is 3.10. The fraction of sp³-hybridized carbons (Fsp3) is 0.500. The highest BCUT2D eigenvalue weighted by molar-refractivity contribution is 7.90. The van der Waals surface area contributed by atoms with E-state index in [1.54, 1.807) is 31.6 Å². The van der Waals surface area contributed by atoms with Gasteiger partial charge < -0.3 is 15.0 Å². The predicted molar refractivity (Wildman–Crippen MR) is 108 cm³/mol. The number of sulfone groups is 1. The molecule has 4 atom stereocenters. The summed E-state index contributed by atoms with van der Waals surface area (Å²) in [7, 11) is -1.56. The van der Waals surface area contributed by atoms with Gasteiger partial charge in [-0.2, -0.15) is 0 Å². The molecule has 2 aliphatic rings. The SMILES string of the molecule is CO[C@@H]1C[C@H]2CN(c3ncccc3S(C)(=O)=O)C[C@H]2C[C@H]1Nc1ccccn1. The van der Waals surface area contributed by atoms with Crippen LogP contribution in [0.25, 0.3) is 0 Å². The monoisotopic (exact) mass is 402 g/mol. The highest BCUT2D eigenvalue weighted by atomic mass is 32.2. The van der Waals surface area contributed by atoms with E-state index < -0.39 is 9.84 Å². The molecule has 0 spiro atoms. The summed E-state index contributed by atoms with van der Waals surface area (Å²) in [6.45, 7) is 1.61. The molecule has 0 bridgehead atoms. The van der Waals surface area contributed by atoms with Gasteiger partial charge in [0.25, 0.3) is 0 Å². The largest absolute Gasteiger partial charge is 0.379 e. The van der Waals surface area contributed by atoms with Gasteiger partial charge >= 0.3 is 0 Å². The van der Waals surface area contributed by atoms with Gasteiger partial charge in [-0.25, -0.2) is 18.4 Å². The second kappa shape index (κ2) is 7.67. The van der Waals surface area contributed by atoms with Crippen molar-refractivity contribution in [3.63, 3.8) is 0 Å². The molecule has 1 saturated heterocycles. The second-order valence-electron chi connectivity index (χ2n) is 7.73. The van der Waals surface area contributed by atoms with E-state index in [0.717, 1.165) is 31.7 Å². The van der Waals surface area contributed by atoms with Crippen LogP contribution in [0.3, 0.4) is 0 Å². The minimum atomic E-state index is -3.32. The number of anilines is 2. The van der Waals surface area contributed by atoms with Gasteiger partial charge in [0.1, 0.15) is 16.5 Å². The molecule has 7 nitrogen and oxygen atoms in total. The van der Waals surface area contributed by atoms with Crippen LogP contribution in [0.4, 0.5) is 11.6 Å². The molecule has 28 heavy (non-hydrogen) atoms. The topological polar surface area (TPSA) is 84.4 Å². The van der Waals surface area contributed by atoms with Gasteiger partial charge in [-0.15, -0.1) is 0 Å². The molecular formula is C20H26N4O3S.